The SMILES string of the molecule is Nc1ccc(S(=O)(=O)O)c(C(=O)O)c1[O-].[Na+]. The van der Waals surface area contributed by atoms with Crippen LogP contribution >= 0.6 is 0 Å². The van der Waals surface area contributed by atoms with Crippen LogP contribution in [0.1, 0.15) is 10.4 Å². The van der Waals surface area contributed by atoms with Crippen molar-refractivity contribution in [2.45, 2.75) is 4.90 Å². The first-order valence-corrected chi connectivity index (χ1v) is 4.99. The van der Waals surface area contributed by atoms with E-state index < -0.39 is 38.0 Å². The summed E-state index contributed by atoms with van der Waals surface area (Å²) in [6, 6.07) is 1.67. The Labute approximate surface area is 113 Å². The number of hydrogen-bond donors (Lipinski definition) is 3. The van der Waals surface area contributed by atoms with Crippen molar-refractivity contribution < 1.29 is 57.5 Å². The van der Waals surface area contributed by atoms with Crippen LogP contribution in [0.25, 0.3) is 0 Å². The fraction of sp³-hybridized carbons (Fsp3) is 0. The number of aromatic carboxylic acids is 1. The van der Waals surface area contributed by atoms with E-state index in [9.17, 15) is 18.3 Å². The summed E-state index contributed by atoms with van der Waals surface area (Å²) in [7, 11) is -4.75. The number of carbonyl (C=O) groups is 1. The number of carboxylic acid groups (broad SMARTS) is 1. The Morgan fingerprint density at radius 3 is 2.25 bits per heavy atom. The maximum absolute atomic E-state index is 11.2. The molecule has 0 radical (unpaired) electrons. The fourth-order valence-corrected chi connectivity index (χ4v) is 1.68. The molecule has 0 unspecified atom stereocenters. The zero-order valence-corrected chi connectivity index (χ0v) is 11.0. The van der Waals surface area contributed by atoms with E-state index in [4.69, 9.17) is 15.4 Å². The van der Waals surface area contributed by atoms with Gasteiger partial charge in [-0.15, -0.1) is 0 Å². The van der Waals surface area contributed by atoms with Crippen molar-refractivity contribution in [3.8, 4) is 5.75 Å². The van der Waals surface area contributed by atoms with Crippen molar-refractivity contribution in [3.05, 3.63) is 17.7 Å². The van der Waals surface area contributed by atoms with Crippen LogP contribution in [0.3, 0.4) is 0 Å². The van der Waals surface area contributed by atoms with Gasteiger partial charge in [0.2, 0.25) is 0 Å². The van der Waals surface area contributed by atoms with E-state index in [1.165, 1.54) is 0 Å². The second-order valence-corrected chi connectivity index (χ2v) is 4.03. The Morgan fingerprint density at radius 2 is 1.88 bits per heavy atom. The van der Waals surface area contributed by atoms with Crippen LogP contribution < -0.4 is 40.4 Å². The normalized spacial score (nSPS) is 10.6. The summed E-state index contributed by atoms with van der Waals surface area (Å²) in [5.41, 5.74) is 3.66. The molecule has 0 saturated carbocycles. The molecule has 0 amide bonds. The Bertz CT molecular complexity index is 526. The summed E-state index contributed by atoms with van der Waals surface area (Å²) in [6.45, 7) is 0. The average Bonchev–Trinajstić information content (AvgIpc) is 2.06. The molecule has 9 heteroatoms. The third-order valence-electron chi connectivity index (χ3n) is 1.64. The molecule has 0 saturated heterocycles. The molecule has 0 aliphatic rings. The number of anilines is 1. The molecular formula is C7H6NNaO6S. The van der Waals surface area contributed by atoms with E-state index in [1.54, 1.807) is 0 Å². The van der Waals surface area contributed by atoms with Gasteiger partial charge in [-0.25, -0.2) is 4.79 Å². The van der Waals surface area contributed by atoms with Crippen molar-refractivity contribution in [2.75, 3.05) is 5.73 Å². The molecule has 82 valence electrons. The van der Waals surface area contributed by atoms with Gasteiger partial charge in [-0.05, 0) is 12.1 Å². The van der Waals surface area contributed by atoms with Gasteiger partial charge in [-0.1, -0.05) is 5.75 Å². The molecule has 7 nitrogen and oxygen atoms in total. The molecule has 1 aromatic rings. The predicted molar refractivity (Wildman–Crippen MR) is 47.1 cm³/mol. The zero-order valence-electron chi connectivity index (χ0n) is 8.17. The summed E-state index contributed by atoms with van der Waals surface area (Å²) in [5, 5.41) is 19.8. The maximum Gasteiger partial charge on any atom is 1.00 e. The first-order valence-electron chi connectivity index (χ1n) is 3.55. The second kappa shape index (κ2) is 5.02. The van der Waals surface area contributed by atoms with Crippen LogP contribution in [-0.2, 0) is 10.1 Å². The van der Waals surface area contributed by atoms with Gasteiger partial charge in [-0.3, -0.25) is 4.55 Å². The number of rotatable bonds is 2. The quantitative estimate of drug-likeness (QED) is 0.280. The minimum atomic E-state index is -4.75. The molecule has 0 fully saturated rings. The topological polar surface area (TPSA) is 141 Å². The van der Waals surface area contributed by atoms with Crippen molar-refractivity contribution >= 4 is 21.8 Å². The number of nitrogens with two attached hydrogens (primary N) is 1. The maximum atomic E-state index is 11.2. The molecule has 0 bridgehead atoms. The summed E-state index contributed by atoms with van der Waals surface area (Å²) < 4.78 is 30.1. The van der Waals surface area contributed by atoms with Crippen LogP contribution in [0, 0.1) is 0 Å². The molecule has 4 N–H and O–H groups in total. The van der Waals surface area contributed by atoms with Crippen molar-refractivity contribution in [2.24, 2.45) is 0 Å². The van der Waals surface area contributed by atoms with E-state index >= 15 is 0 Å². The minimum Gasteiger partial charge on any atom is -0.870 e. The molecular weight excluding hydrogens is 249 g/mol. The first-order chi connectivity index (χ1) is 6.75. The van der Waals surface area contributed by atoms with Gasteiger partial charge in [0.25, 0.3) is 10.1 Å². The van der Waals surface area contributed by atoms with Crippen LogP contribution in [0.5, 0.6) is 5.75 Å². The summed E-state index contributed by atoms with van der Waals surface area (Å²) in [4.78, 5) is 9.65. The van der Waals surface area contributed by atoms with Crippen molar-refractivity contribution in [1.82, 2.24) is 0 Å². The molecule has 0 aliphatic carbocycles. The van der Waals surface area contributed by atoms with Crippen molar-refractivity contribution in [3.63, 3.8) is 0 Å². The van der Waals surface area contributed by atoms with Gasteiger partial charge in [-0.2, -0.15) is 8.42 Å². The smallest absolute Gasteiger partial charge is 0.870 e. The van der Waals surface area contributed by atoms with Gasteiger partial charge >= 0.3 is 35.5 Å². The number of benzene rings is 1. The molecule has 1 rings (SSSR count). The van der Waals surface area contributed by atoms with Crippen LogP contribution in [0.15, 0.2) is 17.0 Å². The van der Waals surface area contributed by atoms with Gasteiger partial charge < -0.3 is 15.9 Å². The van der Waals surface area contributed by atoms with E-state index in [2.05, 4.69) is 0 Å². The Hall–Kier alpha value is -0.800. The van der Waals surface area contributed by atoms with Gasteiger partial charge in [0, 0.05) is 5.69 Å². The Kier molecular flexibility index (Phi) is 4.77. The largest absolute Gasteiger partial charge is 1.00 e. The van der Waals surface area contributed by atoms with E-state index in [0.29, 0.717) is 0 Å². The first kappa shape index (κ1) is 15.2. The third-order valence-corrected chi connectivity index (χ3v) is 2.54. The summed E-state index contributed by atoms with van der Waals surface area (Å²) >= 11 is 0. The van der Waals surface area contributed by atoms with E-state index in [-0.39, 0.29) is 29.6 Å². The molecule has 0 aliphatic heterocycles. The summed E-state index contributed by atoms with van der Waals surface area (Å²) in [5.74, 6) is -2.91. The third kappa shape index (κ3) is 2.86. The molecule has 0 aromatic heterocycles. The standard InChI is InChI=1S/C7H7NO6S.Na/c8-3-1-2-4(15(12,13)14)5(6(3)9)7(10)11;/h1-2,9H,8H2,(H,10,11)(H,12,13,14);/q;+1/p-1. The molecule has 0 heterocycles. The van der Waals surface area contributed by atoms with Gasteiger partial charge in [0.05, 0.1) is 5.56 Å². The minimum absolute atomic E-state index is 0. The monoisotopic (exact) mass is 255 g/mol. The predicted octanol–water partition coefficient (Wildman–Crippen LogP) is -3.71. The number of carboxylic acids is 1. The Morgan fingerprint density at radius 1 is 1.38 bits per heavy atom. The molecule has 0 atom stereocenters. The Balaban J connectivity index is 0.00000225. The summed E-state index contributed by atoms with van der Waals surface area (Å²) in [6.07, 6.45) is 0. The van der Waals surface area contributed by atoms with Gasteiger partial charge in [0.15, 0.2) is 0 Å². The number of nitrogen functional groups attached to an aromatic ring is 1. The molecule has 0 spiro atoms. The number of hydrogen-bond acceptors (Lipinski definition) is 5. The van der Waals surface area contributed by atoms with Crippen molar-refractivity contribution in [1.29, 1.82) is 0 Å². The molecule has 16 heavy (non-hydrogen) atoms. The average molecular weight is 255 g/mol. The van der Waals surface area contributed by atoms with Gasteiger partial charge in [0.1, 0.15) is 4.90 Å². The molecule has 1 aromatic carbocycles. The van der Waals surface area contributed by atoms with E-state index in [0.717, 1.165) is 12.1 Å². The van der Waals surface area contributed by atoms with Crippen LogP contribution in [0.2, 0.25) is 0 Å². The zero-order chi connectivity index (χ0) is 11.8. The van der Waals surface area contributed by atoms with E-state index in [1.807, 2.05) is 0 Å². The second-order valence-electron chi connectivity index (χ2n) is 2.64. The van der Waals surface area contributed by atoms with Crippen LogP contribution in [-0.4, -0.2) is 24.0 Å². The fourth-order valence-electron chi connectivity index (χ4n) is 0.998. The van der Waals surface area contributed by atoms with Crippen LogP contribution in [0.4, 0.5) is 5.69 Å².